The van der Waals surface area contributed by atoms with Gasteiger partial charge in [0.25, 0.3) is 0 Å². The van der Waals surface area contributed by atoms with Gasteiger partial charge in [0.05, 0.1) is 0 Å². The Bertz CT molecular complexity index is 968. The van der Waals surface area contributed by atoms with Gasteiger partial charge in [0, 0.05) is 5.56 Å². The van der Waals surface area contributed by atoms with E-state index in [-0.39, 0.29) is 5.97 Å². The van der Waals surface area contributed by atoms with Crippen molar-refractivity contribution in [2.24, 2.45) is 4.99 Å². The van der Waals surface area contributed by atoms with Gasteiger partial charge in [-0.25, -0.2) is 9.79 Å². The van der Waals surface area contributed by atoms with Crippen LogP contribution in [0.5, 0.6) is 0 Å². The number of fused-ring (bicyclic) bond motifs is 1. The maximum atomic E-state index is 12.0. The van der Waals surface area contributed by atoms with Crippen molar-refractivity contribution in [1.29, 1.82) is 0 Å². The number of carbonyl (C=O) groups is 1. The lowest BCUT2D eigenvalue weighted by Crippen LogP contribution is -2.14. The summed E-state index contributed by atoms with van der Waals surface area (Å²) in [4.78, 5) is 16.5. The quantitative estimate of drug-likeness (QED) is 0.656. The van der Waals surface area contributed by atoms with Crippen LogP contribution in [-0.2, 0) is 9.53 Å². The Morgan fingerprint density at radius 2 is 1.68 bits per heavy atom. The van der Waals surface area contributed by atoms with Gasteiger partial charge in [0.2, 0.25) is 5.90 Å². The minimum Gasteiger partial charge on any atom is -0.406 e. The standard InChI is InChI=1S/C22H17NO2/c24-22-20(23-21(25-22)18-9-2-1-3-10-18)15-7-13-17-12-6-11-16-8-4-5-14-19(16)17/h1-14,20H,15H2. The molecule has 4 rings (SSSR count). The summed E-state index contributed by atoms with van der Waals surface area (Å²) < 4.78 is 5.31. The molecule has 1 heterocycles. The lowest BCUT2D eigenvalue weighted by atomic mass is 10.0. The molecule has 3 heteroatoms. The lowest BCUT2D eigenvalue weighted by molar-refractivity contribution is -0.134. The molecular weight excluding hydrogens is 310 g/mol. The van der Waals surface area contributed by atoms with E-state index in [0.717, 1.165) is 11.1 Å². The summed E-state index contributed by atoms with van der Waals surface area (Å²) in [6.07, 6.45) is 4.56. The molecule has 0 fully saturated rings. The van der Waals surface area contributed by atoms with E-state index in [0.29, 0.717) is 12.3 Å². The van der Waals surface area contributed by atoms with Gasteiger partial charge in [-0.15, -0.1) is 0 Å². The SMILES string of the molecule is O=C1OC(c2ccccc2)=NC1CC=Cc1cccc2ccccc12. The first-order valence-corrected chi connectivity index (χ1v) is 8.30. The summed E-state index contributed by atoms with van der Waals surface area (Å²) in [6, 6.07) is 23.5. The molecule has 3 aromatic carbocycles. The molecule has 0 bridgehead atoms. The van der Waals surface area contributed by atoms with Crippen LogP contribution in [0, 0.1) is 0 Å². The molecular formula is C22H17NO2. The van der Waals surface area contributed by atoms with Crippen molar-refractivity contribution in [3.8, 4) is 0 Å². The Balaban J connectivity index is 1.52. The second-order valence-electron chi connectivity index (χ2n) is 5.94. The number of cyclic esters (lactones) is 1. The van der Waals surface area contributed by atoms with Crippen molar-refractivity contribution < 1.29 is 9.53 Å². The number of ether oxygens (including phenoxy) is 1. The smallest absolute Gasteiger partial charge is 0.338 e. The van der Waals surface area contributed by atoms with Crippen molar-refractivity contribution in [2.75, 3.05) is 0 Å². The first-order valence-electron chi connectivity index (χ1n) is 8.30. The van der Waals surface area contributed by atoms with Gasteiger partial charge in [-0.1, -0.05) is 72.8 Å². The molecule has 1 aliphatic rings. The number of rotatable bonds is 4. The van der Waals surface area contributed by atoms with Crippen molar-refractivity contribution in [3.05, 3.63) is 90.0 Å². The normalized spacial score (nSPS) is 17.0. The minimum absolute atomic E-state index is 0.290. The molecule has 3 nitrogen and oxygen atoms in total. The second kappa shape index (κ2) is 6.73. The summed E-state index contributed by atoms with van der Waals surface area (Å²) in [5.74, 6) is 0.121. The van der Waals surface area contributed by atoms with Crippen LogP contribution in [0.25, 0.3) is 16.8 Å². The molecule has 0 radical (unpaired) electrons. The minimum atomic E-state index is -0.471. The van der Waals surface area contributed by atoms with E-state index in [4.69, 9.17) is 4.74 Å². The maximum Gasteiger partial charge on any atom is 0.338 e. The van der Waals surface area contributed by atoms with Crippen LogP contribution < -0.4 is 0 Å². The fourth-order valence-electron chi connectivity index (χ4n) is 2.97. The molecule has 122 valence electrons. The van der Waals surface area contributed by atoms with E-state index in [9.17, 15) is 4.79 Å². The molecule has 1 atom stereocenters. The predicted octanol–water partition coefficient (Wildman–Crippen LogP) is 4.62. The number of benzene rings is 3. The highest BCUT2D eigenvalue weighted by Crippen LogP contribution is 2.21. The second-order valence-corrected chi connectivity index (χ2v) is 5.94. The van der Waals surface area contributed by atoms with Crippen LogP contribution in [0.2, 0.25) is 0 Å². The summed E-state index contributed by atoms with van der Waals surface area (Å²) in [7, 11) is 0. The lowest BCUT2D eigenvalue weighted by Gasteiger charge is -2.02. The van der Waals surface area contributed by atoms with Gasteiger partial charge in [-0.05, 0) is 34.9 Å². The summed E-state index contributed by atoms with van der Waals surface area (Å²) in [5.41, 5.74) is 1.97. The molecule has 3 aromatic rings. The van der Waals surface area contributed by atoms with Crippen LogP contribution in [-0.4, -0.2) is 17.9 Å². The number of hydrogen-bond donors (Lipinski definition) is 0. The van der Waals surface area contributed by atoms with Crippen LogP contribution in [0.3, 0.4) is 0 Å². The van der Waals surface area contributed by atoms with Crippen molar-refractivity contribution in [1.82, 2.24) is 0 Å². The zero-order valence-electron chi connectivity index (χ0n) is 13.6. The number of hydrogen-bond acceptors (Lipinski definition) is 3. The highest BCUT2D eigenvalue weighted by atomic mass is 16.6. The van der Waals surface area contributed by atoms with Crippen LogP contribution >= 0.6 is 0 Å². The Morgan fingerprint density at radius 1 is 0.920 bits per heavy atom. The molecule has 0 saturated heterocycles. The van der Waals surface area contributed by atoms with E-state index in [1.54, 1.807) is 0 Å². The van der Waals surface area contributed by atoms with Crippen LogP contribution in [0.1, 0.15) is 17.5 Å². The maximum absolute atomic E-state index is 12.0. The van der Waals surface area contributed by atoms with Gasteiger partial charge < -0.3 is 4.74 Å². The zero-order valence-corrected chi connectivity index (χ0v) is 13.6. The average molecular weight is 327 g/mol. The highest BCUT2D eigenvalue weighted by Gasteiger charge is 2.28. The molecule has 1 aliphatic heterocycles. The summed E-state index contributed by atoms with van der Waals surface area (Å²) >= 11 is 0. The number of carbonyl (C=O) groups excluding carboxylic acids is 1. The largest absolute Gasteiger partial charge is 0.406 e. The van der Waals surface area contributed by atoms with Crippen molar-refractivity contribution in [3.63, 3.8) is 0 Å². The van der Waals surface area contributed by atoms with Gasteiger partial charge in [0.1, 0.15) is 0 Å². The topological polar surface area (TPSA) is 38.7 Å². The third-order valence-corrected chi connectivity index (χ3v) is 4.24. The van der Waals surface area contributed by atoms with E-state index in [1.807, 2.05) is 60.7 Å². The number of aliphatic imine (C=N–C) groups is 1. The fourth-order valence-corrected chi connectivity index (χ4v) is 2.97. The van der Waals surface area contributed by atoms with Gasteiger partial charge in [-0.3, -0.25) is 0 Å². The Hall–Kier alpha value is -3.20. The number of esters is 1. The Kier molecular flexibility index (Phi) is 4.13. The molecule has 0 spiro atoms. The zero-order chi connectivity index (χ0) is 17.1. The third-order valence-electron chi connectivity index (χ3n) is 4.24. The van der Waals surface area contributed by atoms with Crippen LogP contribution in [0.4, 0.5) is 0 Å². The Labute approximate surface area is 146 Å². The first-order chi connectivity index (χ1) is 12.3. The summed E-state index contributed by atoms with van der Waals surface area (Å²) in [5, 5.41) is 2.40. The van der Waals surface area contributed by atoms with Crippen molar-refractivity contribution in [2.45, 2.75) is 12.5 Å². The fraction of sp³-hybridized carbons (Fsp3) is 0.0909. The Morgan fingerprint density at radius 3 is 2.56 bits per heavy atom. The van der Waals surface area contributed by atoms with E-state index in [2.05, 4.69) is 29.3 Å². The first kappa shape index (κ1) is 15.3. The average Bonchev–Trinajstić information content (AvgIpc) is 3.03. The molecule has 0 saturated carbocycles. The van der Waals surface area contributed by atoms with Crippen LogP contribution in [0.15, 0.2) is 83.9 Å². The molecule has 0 aliphatic carbocycles. The van der Waals surface area contributed by atoms with Gasteiger partial charge in [0.15, 0.2) is 6.04 Å². The van der Waals surface area contributed by atoms with Gasteiger partial charge >= 0.3 is 5.97 Å². The molecule has 25 heavy (non-hydrogen) atoms. The van der Waals surface area contributed by atoms with Crippen molar-refractivity contribution >= 4 is 28.7 Å². The van der Waals surface area contributed by atoms with E-state index < -0.39 is 6.04 Å². The monoisotopic (exact) mass is 327 g/mol. The van der Waals surface area contributed by atoms with Gasteiger partial charge in [-0.2, -0.15) is 0 Å². The third kappa shape index (κ3) is 3.22. The number of nitrogens with zero attached hydrogens (tertiary/aromatic N) is 1. The summed E-state index contributed by atoms with van der Waals surface area (Å²) in [6.45, 7) is 0. The van der Waals surface area contributed by atoms with E-state index in [1.165, 1.54) is 10.8 Å². The predicted molar refractivity (Wildman–Crippen MR) is 100 cm³/mol. The highest BCUT2D eigenvalue weighted by molar-refractivity contribution is 6.06. The van der Waals surface area contributed by atoms with E-state index >= 15 is 0 Å². The molecule has 0 aromatic heterocycles. The molecule has 0 amide bonds. The molecule has 0 N–H and O–H groups in total. The molecule has 1 unspecified atom stereocenters.